The van der Waals surface area contributed by atoms with Gasteiger partial charge in [0.1, 0.15) is 5.75 Å². The van der Waals surface area contributed by atoms with Gasteiger partial charge in [0.25, 0.3) is 0 Å². The molecule has 0 fully saturated rings. The molecule has 0 spiro atoms. The highest BCUT2D eigenvalue weighted by molar-refractivity contribution is 5.79. The zero-order valence-electron chi connectivity index (χ0n) is 7.09. The molecule has 0 aliphatic rings. The molecular formula is C9H10N2O. The van der Waals surface area contributed by atoms with Crippen LogP contribution >= 0.6 is 0 Å². The summed E-state index contributed by atoms with van der Waals surface area (Å²) in [7, 11) is 1.66. The Balaban J connectivity index is 2.75. The molecule has 0 aliphatic heterocycles. The molecule has 0 bridgehead atoms. The molecule has 0 saturated carbocycles. The molecule has 0 unspecified atom stereocenters. The molecule has 1 aromatic heterocycles. The number of aromatic nitrogens is 2. The summed E-state index contributed by atoms with van der Waals surface area (Å²) in [5.74, 6) is 0.865. The Morgan fingerprint density at radius 2 is 2.25 bits per heavy atom. The fourth-order valence-corrected chi connectivity index (χ4v) is 1.31. The van der Waals surface area contributed by atoms with Crippen molar-refractivity contribution < 1.29 is 4.74 Å². The summed E-state index contributed by atoms with van der Waals surface area (Å²) in [5, 5.41) is 0. The van der Waals surface area contributed by atoms with Crippen LogP contribution < -0.4 is 4.74 Å². The van der Waals surface area contributed by atoms with Gasteiger partial charge in [-0.25, -0.2) is 4.98 Å². The van der Waals surface area contributed by atoms with Crippen LogP contribution in [-0.4, -0.2) is 17.1 Å². The first-order valence-electron chi connectivity index (χ1n) is 3.79. The lowest BCUT2D eigenvalue weighted by molar-refractivity contribution is 0.415. The number of hydrogen-bond donors (Lipinski definition) is 1. The van der Waals surface area contributed by atoms with Crippen LogP contribution in [0.25, 0.3) is 11.0 Å². The molecule has 0 amide bonds. The highest BCUT2D eigenvalue weighted by Gasteiger charge is 2.01. The van der Waals surface area contributed by atoms with Gasteiger partial charge in [0.2, 0.25) is 0 Å². The van der Waals surface area contributed by atoms with Gasteiger partial charge in [0.15, 0.2) is 0 Å². The van der Waals surface area contributed by atoms with E-state index in [0.717, 1.165) is 22.3 Å². The highest BCUT2D eigenvalue weighted by atomic mass is 16.5. The average molecular weight is 162 g/mol. The standard InChI is InChI=1S/C9H10N2O/c1-6-3-7(12-2)4-8-9(6)11-5-10-8/h3-5H,1-2H3,(H,10,11). The van der Waals surface area contributed by atoms with E-state index < -0.39 is 0 Å². The number of hydrogen-bond acceptors (Lipinski definition) is 2. The maximum absolute atomic E-state index is 5.12. The largest absolute Gasteiger partial charge is 0.497 e. The van der Waals surface area contributed by atoms with E-state index in [4.69, 9.17) is 4.74 Å². The molecule has 2 rings (SSSR count). The maximum Gasteiger partial charge on any atom is 0.121 e. The van der Waals surface area contributed by atoms with Gasteiger partial charge in [-0.15, -0.1) is 0 Å². The van der Waals surface area contributed by atoms with Crippen molar-refractivity contribution in [2.24, 2.45) is 0 Å². The number of aryl methyl sites for hydroxylation is 1. The molecule has 1 heterocycles. The summed E-state index contributed by atoms with van der Waals surface area (Å²) in [6.45, 7) is 2.02. The number of fused-ring (bicyclic) bond motifs is 1. The molecule has 0 radical (unpaired) electrons. The van der Waals surface area contributed by atoms with Crippen molar-refractivity contribution in [1.29, 1.82) is 0 Å². The van der Waals surface area contributed by atoms with Crippen molar-refractivity contribution in [2.45, 2.75) is 6.92 Å². The van der Waals surface area contributed by atoms with Gasteiger partial charge in [0, 0.05) is 6.07 Å². The Labute approximate surface area is 70.4 Å². The number of rotatable bonds is 1. The minimum Gasteiger partial charge on any atom is -0.497 e. The van der Waals surface area contributed by atoms with Crippen molar-refractivity contribution in [3.63, 3.8) is 0 Å². The van der Waals surface area contributed by atoms with E-state index in [1.165, 1.54) is 0 Å². The van der Waals surface area contributed by atoms with Crippen molar-refractivity contribution >= 4 is 11.0 Å². The summed E-state index contributed by atoms with van der Waals surface area (Å²) < 4.78 is 5.12. The van der Waals surface area contributed by atoms with Crippen LogP contribution in [0.2, 0.25) is 0 Å². The molecule has 3 heteroatoms. The lowest BCUT2D eigenvalue weighted by atomic mass is 10.2. The van der Waals surface area contributed by atoms with Crippen molar-refractivity contribution in [3.8, 4) is 5.75 Å². The third-order valence-corrected chi connectivity index (χ3v) is 1.92. The lowest BCUT2D eigenvalue weighted by Crippen LogP contribution is -1.84. The number of nitrogens with zero attached hydrogens (tertiary/aromatic N) is 1. The molecule has 0 aliphatic carbocycles. The van der Waals surface area contributed by atoms with E-state index >= 15 is 0 Å². The quantitative estimate of drug-likeness (QED) is 0.695. The van der Waals surface area contributed by atoms with E-state index in [1.54, 1.807) is 13.4 Å². The molecule has 3 nitrogen and oxygen atoms in total. The molecule has 2 aromatic rings. The first-order valence-corrected chi connectivity index (χ1v) is 3.79. The number of H-pyrrole nitrogens is 1. The van der Waals surface area contributed by atoms with Crippen molar-refractivity contribution in [3.05, 3.63) is 24.0 Å². The van der Waals surface area contributed by atoms with E-state index in [1.807, 2.05) is 19.1 Å². The van der Waals surface area contributed by atoms with E-state index in [0.29, 0.717) is 0 Å². The number of ether oxygens (including phenoxy) is 1. The molecule has 1 aromatic carbocycles. The summed E-state index contributed by atoms with van der Waals surface area (Å²) in [6.07, 6.45) is 1.69. The van der Waals surface area contributed by atoms with Gasteiger partial charge in [-0.2, -0.15) is 0 Å². The van der Waals surface area contributed by atoms with Gasteiger partial charge in [-0.3, -0.25) is 0 Å². The van der Waals surface area contributed by atoms with Gasteiger partial charge in [-0.05, 0) is 18.6 Å². The van der Waals surface area contributed by atoms with Gasteiger partial charge < -0.3 is 9.72 Å². The zero-order chi connectivity index (χ0) is 8.55. The second-order valence-corrected chi connectivity index (χ2v) is 2.74. The lowest BCUT2D eigenvalue weighted by Gasteiger charge is -2.00. The monoisotopic (exact) mass is 162 g/mol. The van der Waals surface area contributed by atoms with E-state index in [-0.39, 0.29) is 0 Å². The van der Waals surface area contributed by atoms with Crippen LogP contribution in [0.1, 0.15) is 5.56 Å². The molecule has 0 atom stereocenters. The molecule has 0 saturated heterocycles. The third-order valence-electron chi connectivity index (χ3n) is 1.92. The normalized spacial score (nSPS) is 10.5. The Morgan fingerprint density at radius 1 is 1.42 bits per heavy atom. The topological polar surface area (TPSA) is 37.9 Å². The first kappa shape index (κ1) is 7.16. The smallest absolute Gasteiger partial charge is 0.121 e. The van der Waals surface area contributed by atoms with Crippen molar-refractivity contribution in [2.75, 3.05) is 7.11 Å². The summed E-state index contributed by atoms with van der Waals surface area (Å²) >= 11 is 0. The fraction of sp³-hybridized carbons (Fsp3) is 0.222. The number of nitrogens with one attached hydrogen (secondary N) is 1. The zero-order valence-corrected chi connectivity index (χ0v) is 7.09. The van der Waals surface area contributed by atoms with E-state index in [2.05, 4.69) is 9.97 Å². The fourth-order valence-electron chi connectivity index (χ4n) is 1.31. The van der Waals surface area contributed by atoms with Gasteiger partial charge >= 0.3 is 0 Å². The minimum absolute atomic E-state index is 0.865. The molecule has 62 valence electrons. The SMILES string of the molecule is COc1cc(C)c2nc[nH]c2c1. The summed E-state index contributed by atoms with van der Waals surface area (Å²) in [5.41, 5.74) is 3.16. The minimum atomic E-state index is 0.865. The molecule has 1 N–H and O–H groups in total. The van der Waals surface area contributed by atoms with Crippen molar-refractivity contribution in [1.82, 2.24) is 9.97 Å². The van der Waals surface area contributed by atoms with Crippen LogP contribution in [0.3, 0.4) is 0 Å². The predicted octanol–water partition coefficient (Wildman–Crippen LogP) is 1.88. The number of aromatic amines is 1. The summed E-state index contributed by atoms with van der Waals surface area (Å²) in [4.78, 5) is 7.23. The van der Waals surface area contributed by atoms with Crippen LogP contribution in [-0.2, 0) is 0 Å². The number of benzene rings is 1. The first-order chi connectivity index (χ1) is 5.81. The molecule has 12 heavy (non-hydrogen) atoms. The Hall–Kier alpha value is -1.51. The predicted molar refractivity (Wildman–Crippen MR) is 47.4 cm³/mol. The Bertz CT molecular complexity index is 406. The summed E-state index contributed by atoms with van der Waals surface area (Å²) in [6, 6.07) is 3.92. The van der Waals surface area contributed by atoms with Crippen LogP contribution in [0.15, 0.2) is 18.5 Å². The second kappa shape index (κ2) is 2.52. The van der Waals surface area contributed by atoms with Crippen LogP contribution in [0.5, 0.6) is 5.75 Å². The van der Waals surface area contributed by atoms with E-state index in [9.17, 15) is 0 Å². The Kier molecular flexibility index (Phi) is 1.50. The van der Waals surface area contributed by atoms with Crippen LogP contribution in [0.4, 0.5) is 0 Å². The average Bonchev–Trinajstić information content (AvgIpc) is 2.52. The Morgan fingerprint density at radius 3 is 3.00 bits per heavy atom. The van der Waals surface area contributed by atoms with Gasteiger partial charge in [0.05, 0.1) is 24.5 Å². The number of methoxy groups -OCH3 is 1. The highest BCUT2D eigenvalue weighted by Crippen LogP contribution is 2.21. The second-order valence-electron chi connectivity index (χ2n) is 2.74. The third kappa shape index (κ3) is 0.942. The molecular weight excluding hydrogens is 152 g/mol. The van der Waals surface area contributed by atoms with Crippen LogP contribution in [0, 0.1) is 6.92 Å². The van der Waals surface area contributed by atoms with Gasteiger partial charge in [-0.1, -0.05) is 0 Å². The maximum atomic E-state index is 5.12. The number of imidazole rings is 1.